The summed E-state index contributed by atoms with van der Waals surface area (Å²) in [6, 6.07) is 20.6. The molecule has 0 aromatic heterocycles. The fraction of sp³-hybridized carbons (Fsp3) is 0.404. The van der Waals surface area contributed by atoms with E-state index in [2.05, 4.69) is 52.7 Å². The molecule has 0 bridgehead atoms. The van der Waals surface area contributed by atoms with Gasteiger partial charge >= 0.3 is 5.97 Å². The third-order valence-electron chi connectivity index (χ3n) is 11.8. The Morgan fingerprint density at radius 1 is 0.779 bits per heavy atom. The lowest BCUT2D eigenvalue weighted by molar-refractivity contribution is -0.142. The Balaban J connectivity index is 0.000000273. The number of rotatable bonds is 20. The lowest BCUT2D eigenvalue weighted by Crippen LogP contribution is -2.27. The van der Waals surface area contributed by atoms with Crippen LogP contribution in [0.25, 0.3) is 11.6 Å². The fourth-order valence-corrected chi connectivity index (χ4v) is 7.77. The van der Waals surface area contributed by atoms with E-state index in [1.54, 1.807) is 43.5 Å². The molecule has 1 aliphatic heterocycles. The van der Waals surface area contributed by atoms with Crippen molar-refractivity contribution < 1.29 is 62.2 Å². The van der Waals surface area contributed by atoms with Gasteiger partial charge in [0.15, 0.2) is 23.0 Å². The minimum absolute atomic E-state index is 0.0394. The number of benzene rings is 4. The van der Waals surface area contributed by atoms with Gasteiger partial charge in [-0.1, -0.05) is 44.2 Å². The van der Waals surface area contributed by atoms with E-state index in [4.69, 9.17) is 28.4 Å². The van der Waals surface area contributed by atoms with Crippen LogP contribution in [0.15, 0.2) is 66.7 Å². The molecule has 1 heterocycles. The van der Waals surface area contributed by atoms with Crippen molar-refractivity contribution in [3.8, 4) is 34.5 Å². The number of unbranched alkanes of at least 4 members (excludes halogenated alkanes) is 1. The molecule has 16 heteroatoms. The number of phenolic OH excluding ortho intramolecular Hbond substituents is 1. The monoisotopic (exact) mass is 939 g/mol. The van der Waals surface area contributed by atoms with Gasteiger partial charge in [0.1, 0.15) is 5.75 Å². The molecule has 0 spiro atoms. The Labute approximate surface area is 398 Å². The molecule has 3 unspecified atom stereocenters. The lowest BCUT2D eigenvalue weighted by Gasteiger charge is -2.34. The number of methoxy groups -OCH3 is 4. The highest BCUT2D eigenvalue weighted by atomic mass is 16.7. The van der Waals surface area contributed by atoms with Crippen molar-refractivity contribution in [2.75, 3.05) is 60.2 Å². The number of carbonyl (C=O) groups is 5. The normalized spacial score (nSPS) is 15.4. The van der Waals surface area contributed by atoms with Crippen LogP contribution in [0.4, 0.5) is 5.69 Å². The van der Waals surface area contributed by atoms with Crippen LogP contribution in [-0.2, 0) is 33.4 Å². The summed E-state index contributed by atoms with van der Waals surface area (Å²) < 4.78 is 35.5. The van der Waals surface area contributed by atoms with Gasteiger partial charge in [-0.15, -0.1) is 0 Å². The molecular weight excluding hydrogens is 875 g/mol. The first-order valence-electron chi connectivity index (χ1n) is 22.4. The van der Waals surface area contributed by atoms with Crippen LogP contribution in [0.1, 0.15) is 97.6 Å². The number of ether oxygens (including phenoxy) is 7. The summed E-state index contributed by atoms with van der Waals surface area (Å²) in [5.74, 6) is 3.55. The maximum Gasteiger partial charge on any atom is 0.306 e. The number of nitrogens with one attached hydrogen (secondary N) is 3. The molecule has 0 saturated heterocycles. The molecule has 3 amide bonds. The predicted octanol–water partition coefficient (Wildman–Crippen LogP) is 8.00. The Bertz CT molecular complexity index is 2340. The number of phenols is 1. The van der Waals surface area contributed by atoms with E-state index in [0.29, 0.717) is 98.5 Å². The molecule has 4 aromatic carbocycles. The molecule has 1 aliphatic carbocycles. The highest BCUT2D eigenvalue weighted by molar-refractivity contribution is 5.98. The first-order valence-corrected chi connectivity index (χ1v) is 22.4. The van der Waals surface area contributed by atoms with E-state index in [0.717, 1.165) is 34.6 Å². The van der Waals surface area contributed by atoms with Crippen molar-refractivity contribution in [3.63, 3.8) is 0 Å². The van der Waals surface area contributed by atoms with Crippen molar-refractivity contribution in [3.05, 3.63) is 100 Å². The number of carbonyl (C=O) groups excluding carboxylic acids is 5. The van der Waals surface area contributed by atoms with E-state index in [1.165, 1.54) is 38.0 Å². The fourth-order valence-electron chi connectivity index (χ4n) is 7.77. The van der Waals surface area contributed by atoms with E-state index in [1.807, 2.05) is 32.1 Å². The maximum atomic E-state index is 12.9. The second-order valence-electron chi connectivity index (χ2n) is 16.3. The minimum Gasteiger partial charge on any atom is -0.502 e. The van der Waals surface area contributed by atoms with Gasteiger partial charge in [0, 0.05) is 36.7 Å². The SMILES string of the molecule is CC1CC(COC=O)C(C)c2cc3c(cc21)OCO3.COC(=O)CCC(=O)NCCCCNC(=O)C/C(=C/c1ccc(C)c(C)c1)c1cc(OC)ccc1NC=O.COc1cccc(OC)c1O. The van der Waals surface area contributed by atoms with Crippen LogP contribution < -0.4 is 39.6 Å². The number of para-hydroxylation sites is 1. The second-order valence-corrected chi connectivity index (χ2v) is 16.3. The van der Waals surface area contributed by atoms with Gasteiger partial charge in [0.25, 0.3) is 6.47 Å². The van der Waals surface area contributed by atoms with Crippen LogP contribution >= 0.6 is 0 Å². The number of fused-ring (bicyclic) bond motifs is 2. The highest BCUT2D eigenvalue weighted by Gasteiger charge is 2.33. The molecule has 0 radical (unpaired) electrons. The number of aryl methyl sites for hydroxylation is 2. The molecule has 16 nitrogen and oxygen atoms in total. The van der Waals surface area contributed by atoms with Crippen LogP contribution in [0.2, 0.25) is 0 Å². The molecule has 3 atom stereocenters. The molecule has 68 heavy (non-hydrogen) atoms. The molecule has 366 valence electrons. The molecule has 6 rings (SSSR count). The third-order valence-corrected chi connectivity index (χ3v) is 11.8. The first kappa shape index (κ1) is 53.4. The zero-order chi connectivity index (χ0) is 49.6. The van der Waals surface area contributed by atoms with Crippen LogP contribution in [0.3, 0.4) is 0 Å². The first-order chi connectivity index (χ1) is 32.8. The molecule has 4 aromatic rings. The zero-order valence-corrected chi connectivity index (χ0v) is 40.2. The Morgan fingerprint density at radius 3 is 2.04 bits per heavy atom. The van der Waals surface area contributed by atoms with Crippen molar-refractivity contribution in [1.29, 1.82) is 0 Å². The van der Waals surface area contributed by atoms with Gasteiger partial charge in [-0.25, -0.2) is 0 Å². The van der Waals surface area contributed by atoms with Crippen molar-refractivity contribution in [2.45, 2.75) is 78.1 Å². The van der Waals surface area contributed by atoms with Crippen LogP contribution in [-0.4, -0.2) is 90.7 Å². The number of esters is 1. The van der Waals surface area contributed by atoms with Gasteiger partial charge in [-0.05, 0) is 121 Å². The standard InChI is InChI=1S/C29H37N3O6.C15H18O4.C8H10O3/c1-20-7-8-22(15-21(20)2)16-23(25-18-24(37-3)9-10-26(25)32-19-33)17-28(35)31-14-6-5-13-30-27(34)11-12-29(36)38-4;1-9-3-11(6-17-7-16)10(2)13-5-15-14(4-12(9)13)18-8-19-15;1-10-6-4-3-5-7(11-2)8(6)9/h7-10,15-16,18-19H,5-6,11-14,17H2,1-4H3,(H,30,34)(H,31,35)(H,32,33);4-5,7,9-11H,3,6,8H2,1-2H3;3-5,9H,1-2H3/b23-16-;;. The Kier molecular flexibility index (Phi) is 21.5. The summed E-state index contributed by atoms with van der Waals surface area (Å²) in [4.78, 5) is 57.3. The largest absolute Gasteiger partial charge is 0.502 e. The topological polar surface area (TPSA) is 206 Å². The van der Waals surface area contributed by atoms with Gasteiger partial charge in [0.05, 0.1) is 47.9 Å². The Hall–Kier alpha value is -7.23. The summed E-state index contributed by atoms with van der Waals surface area (Å²) in [6.07, 6.45) is 5.17. The van der Waals surface area contributed by atoms with Crippen LogP contribution in [0.5, 0.6) is 34.5 Å². The highest BCUT2D eigenvalue weighted by Crippen LogP contribution is 2.47. The van der Waals surface area contributed by atoms with E-state index < -0.39 is 5.97 Å². The van der Waals surface area contributed by atoms with Crippen molar-refractivity contribution >= 4 is 48.0 Å². The quantitative estimate of drug-likeness (QED) is 0.0287. The Morgan fingerprint density at radius 2 is 1.44 bits per heavy atom. The number of anilines is 1. The molecule has 4 N–H and O–H groups in total. The van der Waals surface area contributed by atoms with Crippen molar-refractivity contribution in [1.82, 2.24) is 10.6 Å². The summed E-state index contributed by atoms with van der Waals surface area (Å²) in [5, 5.41) is 17.7. The van der Waals surface area contributed by atoms with Gasteiger partial charge in [-0.3, -0.25) is 24.0 Å². The number of amides is 3. The summed E-state index contributed by atoms with van der Waals surface area (Å²) in [7, 11) is 5.84. The predicted molar refractivity (Wildman–Crippen MR) is 258 cm³/mol. The molecular formula is C52H65N3O13. The van der Waals surface area contributed by atoms with E-state index >= 15 is 0 Å². The smallest absolute Gasteiger partial charge is 0.306 e. The molecule has 2 aliphatic rings. The molecule has 0 fully saturated rings. The number of hydrogen-bond donors (Lipinski definition) is 4. The average molecular weight is 940 g/mol. The summed E-state index contributed by atoms with van der Waals surface area (Å²) in [6.45, 7) is 10.7. The van der Waals surface area contributed by atoms with Crippen molar-refractivity contribution in [2.24, 2.45) is 5.92 Å². The summed E-state index contributed by atoms with van der Waals surface area (Å²) >= 11 is 0. The third kappa shape index (κ3) is 15.7. The minimum atomic E-state index is -0.420. The molecule has 0 saturated carbocycles. The maximum absolute atomic E-state index is 12.9. The van der Waals surface area contributed by atoms with Gasteiger partial charge < -0.3 is 54.2 Å². The van der Waals surface area contributed by atoms with Crippen LogP contribution in [0, 0.1) is 19.8 Å². The zero-order valence-electron chi connectivity index (χ0n) is 40.2. The second kappa shape index (κ2) is 27.4. The van der Waals surface area contributed by atoms with E-state index in [9.17, 15) is 29.1 Å². The average Bonchev–Trinajstić information content (AvgIpc) is 3.81. The van der Waals surface area contributed by atoms with E-state index in [-0.39, 0.29) is 36.8 Å². The van der Waals surface area contributed by atoms with Gasteiger partial charge in [-0.2, -0.15) is 0 Å². The summed E-state index contributed by atoms with van der Waals surface area (Å²) in [5.41, 5.74) is 7.88. The van der Waals surface area contributed by atoms with Gasteiger partial charge in [0.2, 0.25) is 30.8 Å². The number of hydrogen-bond acceptors (Lipinski definition) is 13. The lowest BCUT2D eigenvalue weighted by atomic mass is 9.71. The number of aromatic hydroxyl groups is 1.